The Morgan fingerprint density at radius 3 is 2.18 bits per heavy atom. The van der Waals surface area contributed by atoms with Crippen LogP contribution in [-0.2, 0) is 15.3 Å². The number of nitrogens with two attached hydrogens (primary N) is 1. The normalized spacial score (nSPS) is 19.4. The van der Waals surface area contributed by atoms with E-state index < -0.39 is 9.84 Å². The first-order valence-corrected chi connectivity index (χ1v) is 8.01. The van der Waals surface area contributed by atoms with Crippen LogP contribution in [0.3, 0.4) is 0 Å². The van der Waals surface area contributed by atoms with Crippen molar-refractivity contribution in [2.45, 2.75) is 31.1 Å². The Balaban J connectivity index is 2.37. The van der Waals surface area contributed by atoms with Crippen molar-refractivity contribution in [1.82, 2.24) is 0 Å². The predicted molar refractivity (Wildman–Crippen MR) is 70.7 cm³/mol. The summed E-state index contributed by atoms with van der Waals surface area (Å²) in [5, 5.41) is 0. The van der Waals surface area contributed by atoms with Crippen LogP contribution in [0.2, 0.25) is 0 Å². The van der Waals surface area contributed by atoms with Gasteiger partial charge in [0.2, 0.25) is 0 Å². The zero-order valence-corrected chi connectivity index (χ0v) is 11.0. The second kappa shape index (κ2) is 4.33. The number of sulfone groups is 1. The summed E-state index contributed by atoms with van der Waals surface area (Å²) in [4.78, 5) is 0. The molecule has 1 aliphatic carbocycles. The molecule has 0 atom stereocenters. The summed E-state index contributed by atoms with van der Waals surface area (Å²) in [6.07, 6.45) is 5.47. The number of rotatable bonds is 3. The maximum atomic E-state index is 11.6. The highest BCUT2D eigenvalue weighted by molar-refractivity contribution is 7.90. The first-order valence-electron chi connectivity index (χ1n) is 5.95. The first-order chi connectivity index (χ1) is 7.91. The van der Waals surface area contributed by atoms with E-state index in [0.29, 0.717) is 0 Å². The zero-order chi connectivity index (χ0) is 12.5. The first kappa shape index (κ1) is 12.4. The van der Waals surface area contributed by atoms with E-state index in [1.54, 1.807) is 0 Å². The van der Waals surface area contributed by atoms with E-state index in [2.05, 4.69) is 0 Å². The molecule has 1 fully saturated rings. The quantitative estimate of drug-likeness (QED) is 0.839. The summed E-state index contributed by atoms with van der Waals surface area (Å²) in [7, 11) is -2.96. The van der Waals surface area contributed by atoms with Gasteiger partial charge in [-0.2, -0.15) is 0 Å². The van der Waals surface area contributed by atoms with E-state index in [9.17, 15) is 8.42 Å². The van der Waals surface area contributed by atoms with Gasteiger partial charge < -0.3 is 5.73 Å². The number of hydrogen-bond acceptors (Lipinski definition) is 3. The van der Waals surface area contributed by atoms with Crippen molar-refractivity contribution >= 4 is 15.5 Å². The molecule has 0 unspecified atom stereocenters. The van der Waals surface area contributed by atoms with Crippen LogP contribution in [0.25, 0.3) is 0 Å². The molecular formula is C13H19NO2S. The van der Waals surface area contributed by atoms with Gasteiger partial charge in [-0.25, -0.2) is 8.42 Å². The average molecular weight is 253 g/mol. The smallest absolute Gasteiger partial charge is 0.148 e. The zero-order valence-electron chi connectivity index (χ0n) is 10.1. The van der Waals surface area contributed by atoms with Crippen molar-refractivity contribution in [3.05, 3.63) is 29.8 Å². The fourth-order valence-electron chi connectivity index (χ4n) is 2.91. The molecule has 1 saturated carbocycles. The molecule has 17 heavy (non-hydrogen) atoms. The Hall–Kier alpha value is -1.03. The van der Waals surface area contributed by atoms with Crippen LogP contribution in [0, 0.1) is 0 Å². The van der Waals surface area contributed by atoms with Crippen LogP contribution in [-0.4, -0.2) is 20.4 Å². The fourth-order valence-corrected chi connectivity index (χ4v) is 4.37. The van der Waals surface area contributed by atoms with Crippen molar-refractivity contribution in [1.29, 1.82) is 0 Å². The van der Waals surface area contributed by atoms with Gasteiger partial charge in [0.05, 0.1) is 5.75 Å². The van der Waals surface area contributed by atoms with Crippen molar-refractivity contribution in [3.8, 4) is 0 Å². The van der Waals surface area contributed by atoms with E-state index in [-0.39, 0.29) is 11.2 Å². The highest BCUT2D eigenvalue weighted by atomic mass is 32.2. The Morgan fingerprint density at radius 1 is 1.18 bits per heavy atom. The third kappa shape index (κ3) is 2.80. The third-order valence-electron chi connectivity index (χ3n) is 3.62. The molecule has 1 aliphatic rings. The highest BCUT2D eigenvalue weighted by Gasteiger charge is 2.38. The van der Waals surface area contributed by atoms with Crippen LogP contribution >= 0.6 is 0 Å². The van der Waals surface area contributed by atoms with Crippen LogP contribution in [0.1, 0.15) is 31.2 Å². The summed E-state index contributed by atoms with van der Waals surface area (Å²) in [5.41, 5.74) is 7.34. The van der Waals surface area contributed by atoms with Gasteiger partial charge in [-0.05, 0) is 30.5 Å². The van der Waals surface area contributed by atoms with Gasteiger partial charge in [0.15, 0.2) is 0 Å². The van der Waals surface area contributed by atoms with Gasteiger partial charge in [-0.1, -0.05) is 25.0 Å². The number of benzene rings is 1. The largest absolute Gasteiger partial charge is 0.399 e. The van der Waals surface area contributed by atoms with E-state index in [4.69, 9.17) is 5.73 Å². The summed E-state index contributed by atoms with van der Waals surface area (Å²) in [6.45, 7) is 0. The van der Waals surface area contributed by atoms with Gasteiger partial charge in [-0.15, -0.1) is 0 Å². The van der Waals surface area contributed by atoms with Gasteiger partial charge in [0, 0.05) is 17.4 Å². The van der Waals surface area contributed by atoms with Crippen molar-refractivity contribution in [2.24, 2.45) is 0 Å². The minimum Gasteiger partial charge on any atom is -0.399 e. The van der Waals surface area contributed by atoms with E-state index in [0.717, 1.165) is 36.9 Å². The molecule has 2 rings (SSSR count). The standard InChI is InChI=1S/C13H19NO2S/c1-17(15,16)10-13(8-2-3-9-13)11-4-6-12(14)7-5-11/h4-7H,2-3,8-10,14H2,1H3. The van der Waals surface area contributed by atoms with E-state index in [1.807, 2.05) is 24.3 Å². The SMILES string of the molecule is CS(=O)(=O)CC1(c2ccc(N)cc2)CCCC1. The Labute approximate surface area is 103 Å². The van der Waals surface area contributed by atoms with Crippen molar-refractivity contribution < 1.29 is 8.42 Å². The molecule has 0 heterocycles. The molecule has 0 aromatic heterocycles. The molecule has 0 saturated heterocycles. The van der Waals surface area contributed by atoms with E-state index >= 15 is 0 Å². The molecule has 0 bridgehead atoms. The van der Waals surface area contributed by atoms with Crippen LogP contribution in [0.15, 0.2) is 24.3 Å². The molecule has 0 radical (unpaired) electrons. The molecule has 0 spiro atoms. The summed E-state index contributed by atoms with van der Waals surface area (Å²) >= 11 is 0. The monoisotopic (exact) mass is 253 g/mol. The molecule has 0 amide bonds. The van der Waals surface area contributed by atoms with Gasteiger partial charge in [0.25, 0.3) is 0 Å². The van der Waals surface area contributed by atoms with E-state index in [1.165, 1.54) is 6.26 Å². The minimum absolute atomic E-state index is 0.179. The van der Waals surface area contributed by atoms with Gasteiger partial charge in [0.1, 0.15) is 9.84 Å². The molecular weight excluding hydrogens is 234 g/mol. The summed E-state index contributed by atoms with van der Waals surface area (Å²) in [5.74, 6) is 0.254. The minimum atomic E-state index is -2.96. The molecule has 1 aromatic carbocycles. The highest BCUT2D eigenvalue weighted by Crippen LogP contribution is 2.42. The molecule has 0 aliphatic heterocycles. The second-order valence-electron chi connectivity index (χ2n) is 5.18. The number of anilines is 1. The van der Waals surface area contributed by atoms with Crippen LogP contribution in [0.4, 0.5) is 5.69 Å². The van der Waals surface area contributed by atoms with Crippen LogP contribution in [0.5, 0.6) is 0 Å². The maximum Gasteiger partial charge on any atom is 0.148 e. The Bertz CT molecular complexity index is 485. The molecule has 1 aromatic rings. The van der Waals surface area contributed by atoms with Gasteiger partial charge in [-0.3, -0.25) is 0 Å². The molecule has 94 valence electrons. The number of nitrogen functional groups attached to an aromatic ring is 1. The number of hydrogen-bond donors (Lipinski definition) is 1. The average Bonchev–Trinajstić information content (AvgIpc) is 2.65. The van der Waals surface area contributed by atoms with Crippen LogP contribution < -0.4 is 5.73 Å². The van der Waals surface area contributed by atoms with Gasteiger partial charge >= 0.3 is 0 Å². The van der Waals surface area contributed by atoms with Crippen molar-refractivity contribution in [2.75, 3.05) is 17.7 Å². The lowest BCUT2D eigenvalue weighted by Crippen LogP contribution is -2.31. The topological polar surface area (TPSA) is 60.2 Å². The third-order valence-corrected chi connectivity index (χ3v) is 4.70. The van der Waals surface area contributed by atoms with Crippen molar-refractivity contribution in [3.63, 3.8) is 0 Å². The fraction of sp³-hybridized carbons (Fsp3) is 0.538. The lowest BCUT2D eigenvalue weighted by Gasteiger charge is -2.28. The molecule has 3 nitrogen and oxygen atoms in total. The molecule has 4 heteroatoms. The maximum absolute atomic E-state index is 11.6. The predicted octanol–water partition coefficient (Wildman–Crippen LogP) is 2.13. The molecule has 2 N–H and O–H groups in total. The lowest BCUT2D eigenvalue weighted by atomic mass is 9.81. The Morgan fingerprint density at radius 2 is 1.71 bits per heavy atom. The summed E-state index contributed by atoms with van der Waals surface area (Å²) in [6, 6.07) is 7.67. The summed E-state index contributed by atoms with van der Waals surface area (Å²) < 4.78 is 23.2. The second-order valence-corrected chi connectivity index (χ2v) is 7.32. The Kier molecular flexibility index (Phi) is 3.17. The lowest BCUT2D eigenvalue weighted by molar-refractivity contribution is 0.483.